The van der Waals surface area contributed by atoms with E-state index in [-0.39, 0.29) is 43.9 Å². The van der Waals surface area contributed by atoms with E-state index in [1.54, 1.807) is 18.7 Å². The molecule has 5 heterocycles. The van der Waals surface area contributed by atoms with Gasteiger partial charge in [0.25, 0.3) is 0 Å². The van der Waals surface area contributed by atoms with Gasteiger partial charge in [-0.3, -0.25) is 9.80 Å². The normalized spacial score (nSPS) is 34.5. The fraction of sp³-hybridized carbons (Fsp3) is 0.562. The molecule has 2 aromatic rings. The van der Waals surface area contributed by atoms with E-state index in [0.717, 1.165) is 11.1 Å². The number of carbonyl (C=O) groups excluding carboxylic acids is 2. The number of nitrogens with zero attached hydrogens (tertiary/aromatic N) is 2. The van der Waals surface area contributed by atoms with Crippen LogP contribution < -0.4 is 0 Å². The molecule has 12 nitrogen and oxygen atoms in total. The second-order valence-electron chi connectivity index (χ2n) is 12.3. The lowest BCUT2D eigenvalue weighted by Crippen LogP contribution is -2.46. The zero-order chi connectivity index (χ0) is 31.0. The summed E-state index contributed by atoms with van der Waals surface area (Å²) in [4.78, 5) is 27.8. The van der Waals surface area contributed by atoms with Gasteiger partial charge in [-0.1, -0.05) is 67.6 Å². The number of benzene rings is 2. The van der Waals surface area contributed by atoms with Crippen LogP contribution in [-0.4, -0.2) is 107 Å². The summed E-state index contributed by atoms with van der Waals surface area (Å²) in [6, 6.07) is 18.3. The van der Waals surface area contributed by atoms with Crippen LogP contribution in [0.4, 0.5) is 9.59 Å². The average Bonchev–Trinajstić information content (AvgIpc) is 3.79. The molecule has 44 heavy (non-hydrogen) atoms. The lowest BCUT2D eigenvalue weighted by Gasteiger charge is -2.27. The van der Waals surface area contributed by atoms with Crippen LogP contribution in [0, 0.1) is 5.92 Å². The van der Waals surface area contributed by atoms with Gasteiger partial charge in [0.05, 0.1) is 31.3 Å². The molecule has 5 aliphatic rings. The Morgan fingerprint density at radius 1 is 0.795 bits per heavy atom. The molecular weight excluding hydrogens is 572 g/mol. The molecule has 2 aromatic carbocycles. The van der Waals surface area contributed by atoms with Crippen molar-refractivity contribution >= 4 is 12.2 Å². The van der Waals surface area contributed by atoms with E-state index >= 15 is 0 Å². The molecule has 12 heteroatoms. The van der Waals surface area contributed by atoms with Crippen LogP contribution in [0.1, 0.15) is 31.9 Å². The van der Waals surface area contributed by atoms with Gasteiger partial charge in [0.1, 0.15) is 37.6 Å². The number of likely N-dealkylation sites (tertiary alicyclic amines) is 2. The van der Waals surface area contributed by atoms with Crippen molar-refractivity contribution in [2.24, 2.45) is 5.92 Å². The van der Waals surface area contributed by atoms with Gasteiger partial charge in [-0.2, -0.15) is 0 Å². The van der Waals surface area contributed by atoms with E-state index in [1.807, 2.05) is 67.6 Å². The lowest BCUT2D eigenvalue weighted by atomic mass is 10.0. The van der Waals surface area contributed by atoms with Gasteiger partial charge in [0.2, 0.25) is 0 Å². The Balaban J connectivity index is 0.000000159. The summed E-state index contributed by atoms with van der Waals surface area (Å²) < 4.78 is 33.6. The van der Waals surface area contributed by atoms with Crippen molar-refractivity contribution in [3.63, 3.8) is 0 Å². The highest BCUT2D eigenvalue weighted by atomic mass is 16.8. The number of hydrogen-bond acceptors (Lipinski definition) is 10. The Labute approximate surface area is 256 Å². The Morgan fingerprint density at radius 3 is 1.95 bits per heavy atom. The van der Waals surface area contributed by atoms with E-state index in [2.05, 4.69) is 0 Å². The number of carbonyl (C=O) groups is 2. The summed E-state index contributed by atoms with van der Waals surface area (Å²) in [5.74, 6) is -0.547. The van der Waals surface area contributed by atoms with Gasteiger partial charge < -0.3 is 38.6 Å². The number of fused-ring (bicyclic) bond motifs is 4. The van der Waals surface area contributed by atoms with Gasteiger partial charge in [-0.05, 0) is 25.0 Å². The number of hydrogen-bond donors (Lipinski definition) is 2. The van der Waals surface area contributed by atoms with E-state index in [1.165, 1.54) is 4.90 Å². The first kappa shape index (κ1) is 30.8. The molecule has 0 aromatic heterocycles. The van der Waals surface area contributed by atoms with Crippen LogP contribution in [0.25, 0.3) is 0 Å². The average molecular weight is 613 g/mol. The largest absolute Gasteiger partial charge is 0.445 e. The van der Waals surface area contributed by atoms with Crippen molar-refractivity contribution in [3.8, 4) is 0 Å². The number of aliphatic hydroxyl groups excluding tert-OH is 2. The number of aliphatic hydroxyl groups is 2. The van der Waals surface area contributed by atoms with E-state index in [9.17, 15) is 19.8 Å². The maximum atomic E-state index is 12.5. The van der Waals surface area contributed by atoms with Crippen molar-refractivity contribution in [2.45, 2.75) is 88.7 Å². The molecule has 0 radical (unpaired) electrons. The third-order valence-corrected chi connectivity index (χ3v) is 8.65. The molecule has 0 spiro atoms. The van der Waals surface area contributed by atoms with E-state index < -0.39 is 48.6 Å². The number of β-amino-alcohol motifs (C(OH)–C–C–N with tert-alkyl or cyclic N) is 1. The van der Waals surface area contributed by atoms with E-state index in [0.29, 0.717) is 13.2 Å². The Hall–Kier alpha value is -3.26. The van der Waals surface area contributed by atoms with Crippen LogP contribution in [0.3, 0.4) is 0 Å². The monoisotopic (exact) mass is 612 g/mol. The molecule has 5 aliphatic heterocycles. The van der Waals surface area contributed by atoms with Crippen molar-refractivity contribution < 1.29 is 48.2 Å². The zero-order valence-corrected chi connectivity index (χ0v) is 25.1. The fourth-order valence-electron chi connectivity index (χ4n) is 6.66. The molecule has 0 bridgehead atoms. The smallest absolute Gasteiger partial charge is 0.410 e. The number of amides is 2. The lowest BCUT2D eigenvalue weighted by molar-refractivity contribution is -0.212. The predicted octanol–water partition coefficient (Wildman–Crippen LogP) is 2.65. The van der Waals surface area contributed by atoms with Gasteiger partial charge in [0, 0.05) is 12.5 Å². The first-order valence-corrected chi connectivity index (χ1v) is 15.0. The second kappa shape index (κ2) is 12.6. The standard InChI is InChI=1S/C17H21NO6.C15H19NO4/c1-17(2)23-14-12-13(22-15(14)24-17)11(19)8-18(12)16(20)21-9-10-6-4-3-5-7-10;1-10-7-16(13-12(17)9-19-14(10)13)15(18)20-8-11-5-3-2-4-6-11/h3-7,11-15,19H,8-9H2,1-2H3;2-6,10,12-14,17H,7-9H2,1H3/t11-,12+,13-,14-,15-;10-,12+,13-,14-/m11/s1. The highest BCUT2D eigenvalue weighted by Gasteiger charge is 2.62. The number of rotatable bonds is 4. The molecule has 238 valence electrons. The SMILES string of the molecule is CC1(C)O[C@H]2O[C@H]3[C@@H]([C@H]2O1)N(C(=O)OCc1ccccc1)C[C@H]3O.C[C@@H]1CN(C(=O)OCc2ccccc2)[C@H]2[C@@H]1OC[C@@H]2O. The molecule has 0 unspecified atom stereocenters. The molecule has 2 N–H and O–H groups in total. The van der Waals surface area contributed by atoms with Crippen LogP contribution in [0.2, 0.25) is 0 Å². The third-order valence-electron chi connectivity index (χ3n) is 8.65. The van der Waals surface area contributed by atoms with Crippen LogP contribution in [0.5, 0.6) is 0 Å². The summed E-state index contributed by atoms with van der Waals surface area (Å²) in [5.41, 5.74) is 1.86. The zero-order valence-electron chi connectivity index (χ0n) is 25.1. The third kappa shape index (κ3) is 6.28. The maximum absolute atomic E-state index is 12.5. The Morgan fingerprint density at radius 2 is 1.36 bits per heavy atom. The second-order valence-corrected chi connectivity index (χ2v) is 12.3. The van der Waals surface area contributed by atoms with E-state index in [4.69, 9.17) is 28.4 Å². The van der Waals surface area contributed by atoms with Gasteiger partial charge >= 0.3 is 12.2 Å². The van der Waals surface area contributed by atoms with Crippen molar-refractivity contribution in [1.29, 1.82) is 0 Å². The molecule has 2 amide bonds. The number of ether oxygens (including phenoxy) is 6. The topological polar surface area (TPSA) is 136 Å². The molecule has 7 rings (SSSR count). The van der Waals surface area contributed by atoms with Gasteiger partial charge in [-0.25, -0.2) is 9.59 Å². The first-order valence-electron chi connectivity index (χ1n) is 15.0. The summed E-state index contributed by atoms with van der Waals surface area (Å²) in [6.07, 6.45) is -3.84. The minimum absolute atomic E-state index is 0.0747. The minimum Gasteiger partial charge on any atom is -0.445 e. The Kier molecular flexibility index (Phi) is 8.82. The highest BCUT2D eigenvalue weighted by molar-refractivity contribution is 5.69. The maximum Gasteiger partial charge on any atom is 0.410 e. The highest BCUT2D eigenvalue weighted by Crippen LogP contribution is 2.43. The molecule has 9 atom stereocenters. The van der Waals surface area contributed by atoms with Gasteiger partial charge in [0.15, 0.2) is 12.1 Å². The molecule has 5 fully saturated rings. The summed E-state index contributed by atoms with van der Waals surface area (Å²) in [5, 5.41) is 20.2. The molecular formula is C32H40N2O10. The van der Waals surface area contributed by atoms with Crippen LogP contribution in [0.15, 0.2) is 60.7 Å². The Bertz CT molecular complexity index is 1300. The van der Waals surface area contributed by atoms with Crippen molar-refractivity contribution in [3.05, 3.63) is 71.8 Å². The molecule has 5 saturated heterocycles. The summed E-state index contributed by atoms with van der Waals surface area (Å²) in [6.45, 7) is 7.08. The van der Waals surface area contributed by atoms with Crippen LogP contribution in [-0.2, 0) is 41.6 Å². The summed E-state index contributed by atoms with van der Waals surface area (Å²) in [7, 11) is 0. The predicted molar refractivity (Wildman–Crippen MR) is 154 cm³/mol. The summed E-state index contributed by atoms with van der Waals surface area (Å²) >= 11 is 0. The minimum atomic E-state index is -0.778. The molecule has 0 saturated carbocycles. The van der Waals surface area contributed by atoms with Gasteiger partial charge in [-0.15, -0.1) is 0 Å². The quantitative estimate of drug-likeness (QED) is 0.530. The first-order chi connectivity index (χ1) is 21.1. The van der Waals surface area contributed by atoms with Crippen molar-refractivity contribution in [1.82, 2.24) is 9.80 Å². The van der Waals surface area contributed by atoms with Crippen LogP contribution >= 0.6 is 0 Å². The molecule has 0 aliphatic carbocycles. The fourth-order valence-corrected chi connectivity index (χ4v) is 6.66. The van der Waals surface area contributed by atoms with Crippen molar-refractivity contribution in [2.75, 3.05) is 19.7 Å².